The topological polar surface area (TPSA) is 26.0 Å². The third-order valence-electron chi connectivity index (χ3n) is 2.09. The SMILES string of the molecule is CCC=C1CCCC(N)C1. The van der Waals surface area contributed by atoms with Gasteiger partial charge in [0.1, 0.15) is 0 Å². The quantitative estimate of drug-likeness (QED) is 0.554. The molecule has 0 saturated heterocycles. The van der Waals surface area contributed by atoms with Crippen molar-refractivity contribution in [3.05, 3.63) is 11.6 Å². The summed E-state index contributed by atoms with van der Waals surface area (Å²) in [5.74, 6) is 0. The summed E-state index contributed by atoms with van der Waals surface area (Å²) >= 11 is 0. The Morgan fingerprint density at radius 2 is 2.50 bits per heavy atom. The normalized spacial score (nSPS) is 31.0. The summed E-state index contributed by atoms with van der Waals surface area (Å²) in [7, 11) is 0. The molecule has 1 aliphatic carbocycles. The standard InChI is InChI=1S/C9H17N/c1-2-4-8-5-3-6-9(10)7-8/h4,9H,2-3,5-7,10H2,1H3. The van der Waals surface area contributed by atoms with Gasteiger partial charge in [0.05, 0.1) is 0 Å². The molecule has 58 valence electrons. The van der Waals surface area contributed by atoms with Gasteiger partial charge in [0, 0.05) is 6.04 Å². The highest BCUT2D eigenvalue weighted by atomic mass is 14.6. The van der Waals surface area contributed by atoms with E-state index >= 15 is 0 Å². The molecule has 0 radical (unpaired) electrons. The van der Waals surface area contributed by atoms with Gasteiger partial charge in [-0.1, -0.05) is 18.6 Å². The second-order valence-electron chi connectivity index (χ2n) is 3.13. The lowest BCUT2D eigenvalue weighted by Gasteiger charge is -2.20. The van der Waals surface area contributed by atoms with Crippen LogP contribution in [0, 0.1) is 0 Å². The highest BCUT2D eigenvalue weighted by Gasteiger charge is 2.11. The van der Waals surface area contributed by atoms with Crippen molar-refractivity contribution in [2.45, 2.75) is 45.1 Å². The van der Waals surface area contributed by atoms with Gasteiger partial charge in [0.25, 0.3) is 0 Å². The van der Waals surface area contributed by atoms with Crippen LogP contribution in [0.2, 0.25) is 0 Å². The molecule has 1 saturated carbocycles. The molecule has 0 amide bonds. The lowest BCUT2D eigenvalue weighted by Crippen LogP contribution is -2.23. The van der Waals surface area contributed by atoms with E-state index < -0.39 is 0 Å². The molecule has 0 aromatic rings. The van der Waals surface area contributed by atoms with Crippen LogP contribution >= 0.6 is 0 Å². The molecule has 2 N–H and O–H groups in total. The minimum atomic E-state index is 0.451. The maximum atomic E-state index is 5.81. The minimum absolute atomic E-state index is 0.451. The van der Waals surface area contributed by atoms with Crippen molar-refractivity contribution >= 4 is 0 Å². The fourth-order valence-electron chi connectivity index (χ4n) is 1.61. The van der Waals surface area contributed by atoms with Gasteiger partial charge in [-0.15, -0.1) is 0 Å². The van der Waals surface area contributed by atoms with Crippen LogP contribution in [0.15, 0.2) is 11.6 Å². The van der Waals surface area contributed by atoms with E-state index in [-0.39, 0.29) is 0 Å². The van der Waals surface area contributed by atoms with Crippen LogP contribution < -0.4 is 5.73 Å². The van der Waals surface area contributed by atoms with Crippen LogP contribution in [0.25, 0.3) is 0 Å². The van der Waals surface area contributed by atoms with Crippen molar-refractivity contribution in [3.8, 4) is 0 Å². The van der Waals surface area contributed by atoms with E-state index in [9.17, 15) is 0 Å². The Bertz CT molecular complexity index is 127. The number of allylic oxidation sites excluding steroid dienone is 1. The fraction of sp³-hybridized carbons (Fsp3) is 0.778. The van der Waals surface area contributed by atoms with E-state index in [0.29, 0.717) is 6.04 Å². The van der Waals surface area contributed by atoms with Crippen LogP contribution in [-0.2, 0) is 0 Å². The predicted octanol–water partition coefficient (Wildman–Crippen LogP) is 2.22. The van der Waals surface area contributed by atoms with Gasteiger partial charge in [0.15, 0.2) is 0 Å². The van der Waals surface area contributed by atoms with E-state index in [2.05, 4.69) is 13.0 Å². The highest BCUT2D eigenvalue weighted by Crippen LogP contribution is 2.22. The summed E-state index contributed by atoms with van der Waals surface area (Å²) in [6.07, 6.45) is 8.46. The summed E-state index contributed by atoms with van der Waals surface area (Å²) in [4.78, 5) is 0. The van der Waals surface area contributed by atoms with E-state index in [1.165, 1.54) is 25.7 Å². The molecule has 0 aromatic heterocycles. The number of nitrogens with two attached hydrogens (primary N) is 1. The summed E-state index contributed by atoms with van der Waals surface area (Å²) in [6.45, 7) is 2.19. The Labute approximate surface area is 63.3 Å². The van der Waals surface area contributed by atoms with Gasteiger partial charge >= 0.3 is 0 Å². The van der Waals surface area contributed by atoms with Crippen molar-refractivity contribution in [1.82, 2.24) is 0 Å². The molecular formula is C9H17N. The molecule has 0 bridgehead atoms. The van der Waals surface area contributed by atoms with Crippen LogP contribution in [0.3, 0.4) is 0 Å². The second-order valence-corrected chi connectivity index (χ2v) is 3.13. The molecule has 0 aromatic carbocycles. The van der Waals surface area contributed by atoms with Crippen LogP contribution in [-0.4, -0.2) is 6.04 Å². The molecule has 0 aliphatic heterocycles. The highest BCUT2D eigenvalue weighted by molar-refractivity contribution is 5.06. The number of rotatable bonds is 1. The third-order valence-corrected chi connectivity index (χ3v) is 2.09. The zero-order valence-electron chi connectivity index (χ0n) is 6.77. The van der Waals surface area contributed by atoms with Crippen LogP contribution in [0.4, 0.5) is 0 Å². The van der Waals surface area contributed by atoms with Gasteiger partial charge in [-0.05, 0) is 32.1 Å². The predicted molar refractivity (Wildman–Crippen MR) is 44.8 cm³/mol. The molecule has 1 unspecified atom stereocenters. The van der Waals surface area contributed by atoms with Crippen LogP contribution in [0.1, 0.15) is 39.0 Å². The van der Waals surface area contributed by atoms with E-state index in [1.807, 2.05) is 0 Å². The molecule has 1 heteroatoms. The Morgan fingerprint density at radius 3 is 3.10 bits per heavy atom. The van der Waals surface area contributed by atoms with Crippen molar-refractivity contribution in [2.24, 2.45) is 5.73 Å². The van der Waals surface area contributed by atoms with E-state index in [0.717, 1.165) is 6.42 Å². The fourth-order valence-corrected chi connectivity index (χ4v) is 1.61. The molecular weight excluding hydrogens is 122 g/mol. The molecule has 1 fully saturated rings. The van der Waals surface area contributed by atoms with E-state index in [4.69, 9.17) is 5.73 Å². The second kappa shape index (κ2) is 3.77. The summed E-state index contributed by atoms with van der Waals surface area (Å²) in [6, 6.07) is 0.451. The lowest BCUT2D eigenvalue weighted by molar-refractivity contribution is 0.516. The molecule has 1 atom stereocenters. The third kappa shape index (κ3) is 2.14. The maximum absolute atomic E-state index is 5.81. The lowest BCUT2D eigenvalue weighted by atomic mass is 9.91. The largest absolute Gasteiger partial charge is 0.327 e. The van der Waals surface area contributed by atoms with Gasteiger partial charge < -0.3 is 5.73 Å². The Morgan fingerprint density at radius 1 is 1.70 bits per heavy atom. The number of hydrogen-bond acceptors (Lipinski definition) is 1. The summed E-state index contributed by atoms with van der Waals surface area (Å²) < 4.78 is 0. The molecule has 1 aliphatic rings. The average Bonchev–Trinajstić information content (AvgIpc) is 1.88. The smallest absolute Gasteiger partial charge is 0.00761 e. The first-order chi connectivity index (χ1) is 4.83. The Balaban J connectivity index is 2.39. The van der Waals surface area contributed by atoms with Crippen molar-refractivity contribution in [3.63, 3.8) is 0 Å². The van der Waals surface area contributed by atoms with Crippen molar-refractivity contribution in [2.75, 3.05) is 0 Å². The molecule has 10 heavy (non-hydrogen) atoms. The zero-order valence-corrected chi connectivity index (χ0v) is 6.77. The molecule has 0 spiro atoms. The summed E-state index contributed by atoms with van der Waals surface area (Å²) in [5.41, 5.74) is 7.40. The first kappa shape index (κ1) is 7.80. The van der Waals surface area contributed by atoms with Crippen molar-refractivity contribution < 1.29 is 0 Å². The van der Waals surface area contributed by atoms with Crippen molar-refractivity contribution in [1.29, 1.82) is 0 Å². The van der Waals surface area contributed by atoms with Gasteiger partial charge in [-0.25, -0.2) is 0 Å². The first-order valence-electron chi connectivity index (χ1n) is 4.26. The van der Waals surface area contributed by atoms with E-state index in [1.54, 1.807) is 5.57 Å². The van der Waals surface area contributed by atoms with Crippen LogP contribution in [0.5, 0.6) is 0 Å². The molecule has 1 nitrogen and oxygen atoms in total. The average molecular weight is 139 g/mol. The molecule has 0 heterocycles. The Kier molecular flexibility index (Phi) is 2.94. The minimum Gasteiger partial charge on any atom is -0.327 e. The number of hydrogen-bond donors (Lipinski definition) is 1. The van der Waals surface area contributed by atoms with Gasteiger partial charge in [-0.3, -0.25) is 0 Å². The first-order valence-corrected chi connectivity index (χ1v) is 4.26. The van der Waals surface area contributed by atoms with Gasteiger partial charge in [0.2, 0.25) is 0 Å². The van der Waals surface area contributed by atoms with Gasteiger partial charge in [-0.2, -0.15) is 0 Å². The monoisotopic (exact) mass is 139 g/mol. The Hall–Kier alpha value is -0.300. The maximum Gasteiger partial charge on any atom is 0.00761 e. The summed E-state index contributed by atoms with van der Waals surface area (Å²) in [5, 5.41) is 0. The zero-order chi connectivity index (χ0) is 7.40. The molecule has 1 rings (SSSR count).